The van der Waals surface area contributed by atoms with Gasteiger partial charge in [-0.25, -0.2) is 0 Å². The molecule has 0 aromatic carbocycles. The van der Waals surface area contributed by atoms with E-state index in [4.69, 9.17) is 11.1 Å². The van der Waals surface area contributed by atoms with Crippen molar-refractivity contribution < 1.29 is 0 Å². The molecule has 0 atom stereocenters. The fourth-order valence-electron chi connectivity index (χ4n) is 0.761. The second-order valence-electron chi connectivity index (χ2n) is 3.31. The van der Waals surface area contributed by atoms with Gasteiger partial charge in [0.25, 0.3) is 0 Å². The first kappa shape index (κ1) is 11.0. The van der Waals surface area contributed by atoms with Gasteiger partial charge in [-0.15, -0.1) is 0 Å². The Balaban J connectivity index is 4.13. The summed E-state index contributed by atoms with van der Waals surface area (Å²) < 4.78 is 0. The summed E-state index contributed by atoms with van der Waals surface area (Å²) in [6.45, 7) is 6.13. The molecule has 0 aromatic heterocycles. The Morgan fingerprint density at radius 1 is 1.50 bits per heavy atom. The number of allylic oxidation sites excluding steroid dienone is 4. The minimum atomic E-state index is 0.659. The molecule has 0 saturated carbocycles. The maximum Gasteiger partial charge on any atom is 0.0267 e. The summed E-state index contributed by atoms with van der Waals surface area (Å²) in [6.07, 6.45) is 6.28. The Morgan fingerprint density at radius 2 is 2.08 bits per heavy atom. The smallest absolute Gasteiger partial charge is 0.0267 e. The van der Waals surface area contributed by atoms with Gasteiger partial charge in [-0.2, -0.15) is 0 Å². The highest BCUT2D eigenvalue weighted by Crippen LogP contribution is 2.03. The van der Waals surface area contributed by atoms with Gasteiger partial charge in [0, 0.05) is 17.5 Å². The lowest BCUT2D eigenvalue weighted by molar-refractivity contribution is 0.663. The number of rotatable bonds is 4. The first-order valence-corrected chi connectivity index (χ1v) is 4.21. The summed E-state index contributed by atoms with van der Waals surface area (Å²) in [6, 6.07) is 0. The van der Waals surface area contributed by atoms with Crippen LogP contribution < -0.4 is 5.73 Å². The summed E-state index contributed by atoms with van der Waals surface area (Å²) in [7, 11) is 0. The van der Waals surface area contributed by atoms with Crippen LogP contribution in [-0.4, -0.2) is 6.21 Å². The number of nitrogens with two attached hydrogens (primary N) is 1. The zero-order chi connectivity index (χ0) is 9.56. The molecular weight excluding hydrogens is 148 g/mol. The fourth-order valence-corrected chi connectivity index (χ4v) is 0.761. The highest BCUT2D eigenvalue weighted by Gasteiger charge is 1.91. The molecule has 0 radical (unpaired) electrons. The van der Waals surface area contributed by atoms with Gasteiger partial charge in [-0.05, 0) is 19.3 Å². The van der Waals surface area contributed by atoms with Crippen molar-refractivity contribution in [1.29, 1.82) is 5.41 Å². The number of nitrogens with one attached hydrogen (secondary N) is 1. The molecule has 2 nitrogen and oxygen atoms in total. The molecule has 0 bridgehead atoms. The van der Waals surface area contributed by atoms with Gasteiger partial charge in [-0.1, -0.05) is 26.0 Å². The predicted octanol–water partition coefficient (Wildman–Crippen LogP) is 2.47. The summed E-state index contributed by atoms with van der Waals surface area (Å²) in [5.74, 6) is 0.659. The van der Waals surface area contributed by atoms with E-state index in [9.17, 15) is 0 Å². The highest BCUT2D eigenvalue weighted by atomic mass is 14.6. The Bertz CT molecular complexity index is 196. The van der Waals surface area contributed by atoms with E-state index in [1.54, 1.807) is 6.92 Å². The van der Waals surface area contributed by atoms with E-state index in [1.807, 2.05) is 6.08 Å². The first-order valence-electron chi connectivity index (χ1n) is 4.21. The lowest BCUT2D eigenvalue weighted by Gasteiger charge is -1.98. The van der Waals surface area contributed by atoms with Crippen LogP contribution in [0.5, 0.6) is 0 Å². The third kappa shape index (κ3) is 4.72. The van der Waals surface area contributed by atoms with Crippen LogP contribution in [0.2, 0.25) is 0 Å². The van der Waals surface area contributed by atoms with Gasteiger partial charge in [0.15, 0.2) is 0 Å². The molecule has 3 N–H and O–H groups in total. The second kappa shape index (κ2) is 5.58. The summed E-state index contributed by atoms with van der Waals surface area (Å²) >= 11 is 0. The highest BCUT2D eigenvalue weighted by molar-refractivity contribution is 5.80. The monoisotopic (exact) mass is 166 g/mol. The van der Waals surface area contributed by atoms with Gasteiger partial charge in [0.2, 0.25) is 0 Å². The van der Waals surface area contributed by atoms with Gasteiger partial charge in [0.1, 0.15) is 0 Å². The molecule has 68 valence electrons. The number of hydrogen-bond donors (Lipinski definition) is 2. The molecule has 0 heterocycles. The maximum absolute atomic E-state index is 7.06. The lowest BCUT2D eigenvalue weighted by atomic mass is 10.1. The fraction of sp³-hybridized carbons (Fsp3) is 0.500. The maximum atomic E-state index is 7.06. The van der Waals surface area contributed by atoms with Crippen molar-refractivity contribution in [3.8, 4) is 0 Å². The van der Waals surface area contributed by atoms with Crippen molar-refractivity contribution in [3.63, 3.8) is 0 Å². The van der Waals surface area contributed by atoms with Crippen LogP contribution in [0.3, 0.4) is 0 Å². The number of hydrogen-bond acceptors (Lipinski definition) is 2. The molecule has 0 fully saturated rings. The van der Waals surface area contributed by atoms with Gasteiger partial charge >= 0.3 is 0 Å². The lowest BCUT2D eigenvalue weighted by Crippen LogP contribution is -1.97. The van der Waals surface area contributed by atoms with Crippen molar-refractivity contribution in [3.05, 3.63) is 23.4 Å². The Morgan fingerprint density at radius 3 is 2.42 bits per heavy atom. The van der Waals surface area contributed by atoms with Crippen molar-refractivity contribution in [2.24, 2.45) is 11.7 Å². The summed E-state index contributed by atoms with van der Waals surface area (Å²) in [5.41, 5.74) is 7.04. The van der Waals surface area contributed by atoms with Crippen molar-refractivity contribution >= 4 is 6.21 Å². The molecule has 2 heteroatoms. The molecule has 0 aliphatic rings. The van der Waals surface area contributed by atoms with Crippen LogP contribution >= 0.6 is 0 Å². The van der Waals surface area contributed by atoms with Crippen LogP contribution in [0.25, 0.3) is 0 Å². The van der Waals surface area contributed by atoms with Crippen LogP contribution in [0.15, 0.2) is 23.4 Å². The van der Waals surface area contributed by atoms with E-state index in [0.29, 0.717) is 11.6 Å². The SMILES string of the molecule is C/C(N)=C(C=N)\C=C\CC(C)C. The molecule has 0 aliphatic heterocycles. The molecule has 0 unspecified atom stereocenters. The zero-order valence-corrected chi connectivity index (χ0v) is 8.09. The summed E-state index contributed by atoms with van der Waals surface area (Å²) in [4.78, 5) is 0. The molecular formula is C10H18N2. The van der Waals surface area contributed by atoms with Crippen molar-refractivity contribution in [2.75, 3.05) is 0 Å². The third-order valence-corrected chi connectivity index (χ3v) is 1.52. The Kier molecular flexibility index (Phi) is 5.09. The van der Waals surface area contributed by atoms with E-state index in [0.717, 1.165) is 12.0 Å². The largest absolute Gasteiger partial charge is 0.402 e. The molecule has 0 aliphatic carbocycles. The zero-order valence-electron chi connectivity index (χ0n) is 8.09. The quantitative estimate of drug-likeness (QED) is 0.489. The van der Waals surface area contributed by atoms with Crippen LogP contribution in [0, 0.1) is 11.3 Å². The van der Waals surface area contributed by atoms with Gasteiger partial charge in [0.05, 0.1) is 0 Å². The minimum absolute atomic E-state index is 0.659. The minimum Gasteiger partial charge on any atom is -0.402 e. The van der Waals surface area contributed by atoms with Crippen molar-refractivity contribution in [2.45, 2.75) is 27.2 Å². The van der Waals surface area contributed by atoms with Crippen molar-refractivity contribution in [1.82, 2.24) is 0 Å². The first-order chi connectivity index (χ1) is 5.57. The predicted molar refractivity (Wildman–Crippen MR) is 54.3 cm³/mol. The summed E-state index contributed by atoms with van der Waals surface area (Å²) in [5, 5.41) is 7.06. The van der Waals surface area contributed by atoms with Gasteiger partial charge in [-0.3, -0.25) is 0 Å². The average Bonchev–Trinajstić information content (AvgIpc) is 1.96. The van der Waals surface area contributed by atoms with E-state index in [2.05, 4.69) is 19.9 Å². The third-order valence-electron chi connectivity index (χ3n) is 1.52. The van der Waals surface area contributed by atoms with E-state index in [1.165, 1.54) is 6.21 Å². The van der Waals surface area contributed by atoms with Crippen LogP contribution in [-0.2, 0) is 0 Å². The molecule has 0 spiro atoms. The normalized spacial score (nSPS) is 13.7. The molecule has 0 saturated heterocycles. The molecule has 0 aromatic rings. The Hall–Kier alpha value is -1.05. The topological polar surface area (TPSA) is 49.9 Å². The molecule has 12 heavy (non-hydrogen) atoms. The van der Waals surface area contributed by atoms with E-state index in [-0.39, 0.29) is 0 Å². The standard InChI is InChI=1S/C10H18N2/c1-8(2)5-4-6-10(7-11)9(3)12/h4,6-8,11H,5,12H2,1-3H3/b6-4+,10-9-,11-7?. The average molecular weight is 166 g/mol. The van der Waals surface area contributed by atoms with E-state index < -0.39 is 0 Å². The molecule has 0 rings (SSSR count). The Labute approximate surface area is 74.7 Å². The second-order valence-corrected chi connectivity index (χ2v) is 3.31. The van der Waals surface area contributed by atoms with Crippen LogP contribution in [0.4, 0.5) is 0 Å². The van der Waals surface area contributed by atoms with Gasteiger partial charge < -0.3 is 11.1 Å². The van der Waals surface area contributed by atoms with Crippen LogP contribution in [0.1, 0.15) is 27.2 Å². The van der Waals surface area contributed by atoms with E-state index >= 15 is 0 Å². The molecule has 0 amide bonds.